The van der Waals surface area contributed by atoms with Crippen molar-refractivity contribution in [1.29, 1.82) is 0 Å². The molecule has 0 heterocycles. The summed E-state index contributed by atoms with van der Waals surface area (Å²) in [6.07, 6.45) is 7.85. The highest BCUT2D eigenvalue weighted by atomic mass is 16.1. The maximum absolute atomic E-state index is 12.1. The third kappa shape index (κ3) is 1.56. The number of hydrogen-bond donors (Lipinski definition) is 2. The summed E-state index contributed by atoms with van der Waals surface area (Å²) >= 11 is 0. The van der Waals surface area contributed by atoms with Gasteiger partial charge in [0.15, 0.2) is 0 Å². The van der Waals surface area contributed by atoms with Gasteiger partial charge in [-0.15, -0.1) is 0 Å². The maximum Gasteiger partial charge on any atom is 0.238 e. The molecule has 0 aromatic carbocycles. The third-order valence-corrected chi connectivity index (χ3v) is 6.12. The van der Waals surface area contributed by atoms with Crippen LogP contribution in [0.5, 0.6) is 0 Å². The van der Waals surface area contributed by atoms with Gasteiger partial charge in [-0.3, -0.25) is 4.79 Å². The Kier molecular flexibility index (Phi) is 2.74. The third-order valence-electron chi connectivity index (χ3n) is 6.12. The molecule has 0 aromatic rings. The second-order valence-electron chi connectivity index (χ2n) is 7.22. The quantitative estimate of drug-likeness (QED) is 0.802. The first-order valence-electron chi connectivity index (χ1n) is 7.54. The molecule has 0 spiro atoms. The van der Waals surface area contributed by atoms with Crippen LogP contribution in [-0.4, -0.2) is 18.0 Å². The zero-order chi connectivity index (χ0) is 13.0. The Morgan fingerprint density at radius 1 is 1.22 bits per heavy atom. The molecule has 18 heavy (non-hydrogen) atoms. The van der Waals surface area contributed by atoms with Crippen molar-refractivity contribution < 1.29 is 4.79 Å². The van der Waals surface area contributed by atoms with Crippen molar-refractivity contribution in [3.63, 3.8) is 0 Å². The lowest BCUT2D eigenvalue weighted by molar-refractivity contribution is -0.145. The average molecular weight is 250 g/mol. The summed E-state index contributed by atoms with van der Waals surface area (Å²) < 4.78 is 0. The molecule has 102 valence electrons. The molecule has 0 aliphatic heterocycles. The Morgan fingerprint density at radius 3 is 2.00 bits per heavy atom. The monoisotopic (exact) mass is 250 g/mol. The molecule has 0 radical (unpaired) electrons. The van der Waals surface area contributed by atoms with Gasteiger partial charge in [0.2, 0.25) is 5.91 Å². The minimum absolute atomic E-state index is 0.142. The Hall–Kier alpha value is -0.570. The minimum atomic E-state index is -0.502. The van der Waals surface area contributed by atoms with Gasteiger partial charge in [0.1, 0.15) is 5.54 Å². The number of carbonyl (C=O) groups is 1. The van der Waals surface area contributed by atoms with Gasteiger partial charge in [0, 0.05) is 0 Å². The van der Waals surface area contributed by atoms with Crippen molar-refractivity contribution in [2.75, 3.05) is 6.54 Å². The van der Waals surface area contributed by atoms with E-state index >= 15 is 0 Å². The van der Waals surface area contributed by atoms with Crippen LogP contribution in [0.2, 0.25) is 0 Å². The predicted octanol–water partition coefficient (Wildman–Crippen LogP) is 2.06. The van der Waals surface area contributed by atoms with Crippen molar-refractivity contribution in [1.82, 2.24) is 5.32 Å². The van der Waals surface area contributed by atoms with Crippen LogP contribution in [0, 0.1) is 23.2 Å². The minimum Gasteiger partial charge on any atom is -0.368 e. The van der Waals surface area contributed by atoms with Crippen molar-refractivity contribution in [2.24, 2.45) is 28.9 Å². The molecule has 0 aromatic heterocycles. The van der Waals surface area contributed by atoms with E-state index in [0.717, 1.165) is 24.3 Å². The Balaban J connectivity index is 1.96. The van der Waals surface area contributed by atoms with Gasteiger partial charge in [-0.1, -0.05) is 6.92 Å². The van der Waals surface area contributed by atoms with Crippen LogP contribution in [0.1, 0.15) is 52.4 Å². The van der Waals surface area contributed by atoms with E-state index in [1.807, 2.05) is 0 Å². The summed E-state index contributed by atoms with van der Waals surface area (Å²) in [5, 5.41) is 3.44. The fraction of sp³-hybridized carbons (Fsp3) is 0.933. The number of nitrogens with one attached hydrogen (secondary N) is 1. The second-order valence-corrected chi connectivity index (χ2v) is 7.22. The van der Waals surface area contributed by atoms with Crippen LogP contribution < -0.4 is 11.1 Å². The average Bonchev–Trinajstić information content (AvgIpc) is 2.26. The number of hydrogen-bond acceptors (Lipinski definition) is 2. The van der Waals surface area contributed by atoms with Gasteiger partial charge in [0.25, 0.3) is 0 Å². The molecule has 4 saturated carbocycles. The van der Waals surface area contributed by atoms with Crippen LogP contribution in [-0.2, 0) is 4.79 Å². The lowest BCUT2D eigenvalue weighted by atomic mass is 9.44. The van der Waals surface area contributed by atoms with Crippen molar-refractivity contribution in [3.05, 3.63) is 0 Å². The summed E-state index contributed by atoms with van der Waals surface area (Å²) in [4.78, 5) is 12.1. The van der Waals surface area contributed by atoms with Gasteiger partial charge < -0.3 is 11.1 Å². The molecular formula is C15H26N2O. The predicted molar refractivity (Wildman–Crippen MR) is 71.9 cm³/mol. The largest absolute Gasteiger partial charge is 0.368 e. The first-order valence-corrected chi connectivity index (χ1v) is 7.54. The van der Waals surface area contributed by atoms with E-state index in [0.29, 0.717) is 0 Å². The lowest BCUT2D eigenvalue weighted by Gasteiger charge is -2.62. The van der Waals surface area contributed by atoms with Crippen molar-refractivity contribution >= 4 is 5.91 Å². The molecule has 1 atom stereocenters. The second kappa shape index (κ2) is 3.96. The molecule has 4 aliphatic carbocycles. The van der Waals surface area contributed by atoms with Gasteiger partial charge in [-0.25, -0.2) is 0 Å². The Labute approximate surface area is 110 Å². The first-order chi connectivity index (χ1) is 8.49. The Morgan fingerprint density at radius 2 is 1.67 bits per heavy atom. The van der Waals surface area contributed by atoms with Gasteiger partial charge in [0.05, 0.1) is 0 Å². The van der Waals surface area contributed by atoms with E-state index in [1.165, 1.54) is 38.5 Å². The number of carbonyl (C=O) groups excluding carboxylic acids is 1. The van der Waals surface area contributed by atoms with E-state index < -0.39 is 5.54 Å². The molecule has 1 amide bonds. The van der Waals surface area contributed by atoms with Gasteiger partial charge >= 0.3 is 0 Å². The molecule has 3 heteroatoms. The number of amides is 1. The van der Waals surface area contributed by atoms with Crippen LogP contribution in [0.3, 0.4) is 0 Å². The maximum atomic E-state index is 12.1. The summed E-state index contributed by atoms with van der Waals surface area (Å²) in [6.45, 7) is 4.95. The molecule has 0 saturated heterocycles. The lowest BCUT2D eigenvalue weighted by Crippen LogP contribution is -2.68. The summed E-state index contributed by atoms with van der Waals surface area (Å²) in [5.41, 5.74) is 5.42. The fourth-order valence-corrected chi connectivity index (χ4v) is 5.61. The summed E-state index contributed by atoms with van der Waals surface area (Å²) in [6, 6.07) is 0. The Bertz CT molecular complexity index is 330. The molecule has 4 aliphatic rings. The van der Waals surface area contributed by atoms with E-state index in [1.54, 1.807) is 0 Å². The number of rotatable bonds is 4. The smallest absolute Gasteiger partial charge is 0.238 e. The first kappa shape index (κ1) is 12.5. The summed E-state index contributed by atoms with van der Waals surface area (Å²) in [7, 11) is 0. The molecule has 4 rings (SSSR count). The van der Waals surface area contributed by atoms with Gasteiger partial charge in [-0.05, 0) is 75.2 Å². The molecule has 4 fully saturated rings. The van der Waals surface area contributed by atoms with E-state index in [4.69, 9.17) is 5.73 Å². The molecule has 3 nitrogen and oxygen atoms in total. The molecule has 4 bridgehead atoms. The normalized spacial score (nSPS) is 44.9. The number of likely N-dealkylation sites (N-methyl/N-ethyl adjacent to an activating group) is 1. The summed E-state index contributed by atoms with van der Waals surface area (Å²) in [5.74, 6) is 2.42. The number of primary amides is 1. The van der Waals surface area contributed by atoms with Gasteiger partial charge in [-0.2, -0.15) is 0 Å². The van der Waals surface area contributed by atoms with Crippen LogP contribution >= 0.6 is 0 Å². The molecular weight excluding hydrogens is 224 g/mol. The van der Waals surface area contributed by atoms with Crippen molar-refractivity contribution in [3.8, 4) is 0 Å². The standard InChI is InChI=1S/C15H26N2O/c1-3-17-14(2,13(16)18)15-7-10-4-11(8-15)6-12(5-10)9-15/h10-12,17H,3-9H2,1-2H3,(H2,16,18). The zero-order valence-corrected chi connectivity index (χ0v) is 11.7. The van der Waals surface area contributed by atoms with Crippen LogP contribution in [0.4, 0.5) is 0 Å². The fourth-order valence-electron chi connectivity index (χ4n) is 5.61. The van der Waals surface area contributed by atoms with E-state index in [2.05, 4.69) is 19.2 Å². The highest BCUT2D eigenvalue weighted by Crippen LogP contribution is 2.63. The molecule has 1 unspecified atom stereocenters. The van der Waals surface area contributed by atoms with E-state index in [9.17, 15) is 4.79 Å². The van der Waals surface area contributed by atoms with Crippen molar-refractivity contribution in [2.45, 2.75) is 57.9 Å². The SMILES string of the molecule is CCNC(C)(C(N)=O)C12CC3CC(CC(C3)C1)C2. The van der Waals surface area contributed by atoms with Crippen LogP contribution in [0.25, 0.3) is 0 Å². The zero-order valence-electron chi connectivity index (χ0n) is 11.7. The highest BCUT2D eigenvalue weighted by Gasteiger charge is 2.60. The van der Waals surface area contributed by atoms with E-state index in [-0.39, 0.29) is 11.3 Å². The number of nitrogens with two attached hydrogens (primary N) is 1. The van der Waals surface area contributed by atoms with Crippen LogP contribution in [0.15, 0.2) is 0 Å². The molecule has 3 N–H and O–H groups in total. The topological polar surface area (TPSA) is 55.1 Å². The highest BCUT2D eigenvalue weighted by molar-refractivity contribution is 5.85.